The van der Waals surface area contributed by atoms with Gasteiger partial charge in [0, 0.05) is 18.2 Å². The van der Waals surface area contributed by atoms with Crippen LogP contribution in [-0.2, 0) is 9.84 Å². The molecule has 1 saturated heterocycles. The van der Waals surface area contributed by atoms with Crippen molar-refractivity contribution in [3.8, 4) is 0 Å². The van der Waals surface area contributed by atoms with E-state index in [0.29, 0.717) is 18.5 Å². The van der Waals surface area contributed by atoms with Gasteiger partial charge in [-0.1, -0.05) is 24.3 Å². The van der Waals surface area contributed by atoms with E-state index in [1.807, 2.05) is 6.07 Å². The number of rotatable bonds is 4. The molecule has 5 heteroatoms. The molecule has 1 heterocycles. The zero-order valence-corrected chi connectivity index (χ0v) is 11.5. The molecular formula is C14H17NO3S. The minimum Gasteiger partial charge on any atom is -0.331 e. The maximum Gasteiger partial charge on any atom is 0.254 e. The highest BCUT2D eigenvalue weighted by Crippen LogP contribution is 2.20. The smallest absolute Gasteiger partial charge is 0.254 e. The predicted octanol–water partition coefficient (Wildman–Crippen LogP) is 1.50. The van der Waals surface area contributed by atoms with Gasteiger partial charge < -0.3 is 4.90 Å². The summed E-state index contributed by atoms with van der Waals surface area (Å²) in [5.41, 5.74) is 0.577. The van der Waals surface area contributed by atoms with E-state index >= 15 is 0 Å². The van der Waals surface area contributed by atoms with E-state index < -0.39 is 9.84 Å². The molecule has 1 aromatic rings. The quantitative estimate of drug-likeness (QED) is 0.785. The molecule has 19 heavy (non-hydrogen) atoms. The van der Waals surface area contributed by atoms with E-state index in [1.165, 1.54) is 0 Å². The van der Waals surface area contributed by atoms with E-state index in [-0.39, 0.29) is 23.5 Å². The van der Waals surface area contributed by atoms with Crippen molar-refractivity contribution >= 4 is 15.7 Å². The molecule has 0 aromatic heterocycles. The van der Waals surface area contributed by atoms with Crippen LogP contribution in [0.2, 0.25) is 0 Å². The summed E-state index contributed by atoms with van der Waals surface area (Å²) in [6, 6.07) is 8.67. The van der Waals surface area contributed by atoms with Gasteiger partial charge in [0.2, 0.25) is 0 Å². The Labute approximate surface area is 113 Å². The first-order valence-electron chi connectivity index (χ1n) is 6.21. The third kappa shape index (κ3) is 3.23. The molecule has 0 radical (unpaired) electrons. The van der Waals surface area contributed by atoms with Crippen LogP contribution in [0.3, 0.4) is 0 Å². The molecule has 0 N–H and O–H groups in total. The number of amides is 1. The molecule has 1 aliphatic rings. The number of benzene rings is 1. The van der Waals surface area contributed by atoms with Crippen molar-refractivity contribution in [2.75, 3.05) is 18.1 Å². The second-order valence-electron chi connectivity index (χ2n) is 4.67. The fraction of sp³-hybridized carbons (Fsp3) is 0.357. The van der Waals surface area contributed by atoms with Crippen molar-refractivity contribution in [3.05, 3.63) is 48.6 Å². The molecule has 2 rings (SSSR count). The van der Waals surface area contributed by atoms with Crippen LogP contribution in [0, 0.1) is 0 Å². The minimum absolute atomic E-state index is 0.0550. The SMILES string of the molecule is C=CCN(C(=O)c1ccccc1)[C@H]1CCS(=O)(=O)C1. The first-order valence-corrected chi connectivity index (χ1v) is 8.03. The van der Waals surface area contributed by atoms with Crippen molar-refractivity contribution in [1.29, 1.82) is 0 Å². The molecule has 0 bridgehead atoms. The Morgan fingerprint density at radius 2 is 2.05 bits per heavy atom. The monoisotopic (exact) mass is 279 g/mol. The summed E-state index contributed by atoms with van der Waals surface area (Å²) in [7, 11) is -3.00. The van der Waals surface area contributed by atoms with Crippen molar-refractivity contribution < 1.29 is 13.2 Å². The van der Waals surface area contributed by atoms with E-state index in [1.54, 1.807) is 35.2 Å². The largest absolute Gasteiger partial charge is 0.331 e. The topological polar surface area (TPSA) is 54.5 Å². The predicted molar refractivity (Wildman–Crippen MR) is 74.7 cm³/mol. The van der Waals surface area contributed by atoms with Gasteiger partial charge in [0.1, 0.15) is 0 Å². The fourth-order valence-corrected chi connectivity index (χ4v) is 4.04. The molecule has 1 aliphatic heterocycles. The van der Waals surface area contributed by atoms with E-state index in [0.717, 1.165) is 0 Å². The van der Waals surface area contributed by atoms with Gasteiger partial charge in [0.25, 0.3) is 5.91 Å². The standard InChI is InChI=1S/C14H17NO3S/c1-2-9-15(13-8-10-19(17,18)11-13)14(16)12-6-4-3-5-7-12/h2-7,13H,1,8-11H2/t13-/m0/s1. The van der Waals surface area contributed by atoms with Crippen molar-refractivity contribution in [2.24, 2.45) is 0 Å². The summed E-state index contributed by atoms with van der Waals surface area (Å²) in [5, 5.41) is 0. The molecule has 0 spiro atoms. The Morgan fingerprint density at radius 1 is 1.37 bits per heavy atom. The fourth-order valence-electron chi connectivity index (χ4n) is 2.30. The van der Waals surface area contributed by atoms with Gasteiger partial charge in [-0.05, 0) is 18.6 Å². The van der Waals surface area contributed by atoms with E-state index in [9.17, 15) is 13.2 Å². The van der Waals surface area contributed by atoms with Crippen LogP contribution in [-0.4, -0.2) is 43.3 Å². The molecule has 102 valence electrons. The summed E-state index contributed by atoms with van der Waals surface area (Å²) in [4.78, 5) is 14.0. The van der Waals surface area contributed by atoms with Gasteiger partial charge in [-0.25, -0.2) is 8.42 Å². The van der Waals surface area contributed by atoms with Crippen LogP contribution in [0.15, 0.2) is 43.0 Å². The van der Waals surface area contributed by atoms with Gasteiger partial charge in [0.15, 0.2) is 9.84 Å². The molecule has 1 aromatic carbocycles. The summed E-state index contributed by atoms with van der Waals surface area (Å²) in [5.74, 6) is 0.0786. The lowest BCUT2D eigenvalue weighted by Crippen LogP contribution is -2.41. The van der Waals surface area contributed by atoms with Crippen LogP contribution in [0.1, 0.15) is 16.8 Å². The Kier molecular flexibility index (Phi) is 4.04. The minimum atomic E-state index is -3.00. The number of hydrogen-bond donors (Lipinski definition) is 0. The zero-order chi connectivity index (χ0) is 13.9. The molecule has 1 fully saturated rings. The Morgan fingerprint density at radius 3 is 2.58 bits per heavy atom. The lowest BCUT2D eigenvalue weighted by Gasteiger charge is -2.27. The zero-order valence-electron chi connectivity index (χ0n) is 10.7. The van der Waals surface area contributed by atoms with Gasteiger partial charge >= 0.3 is 0 Å². The Bertz CT molecular complexity index is 566. The number of carbonyl (C=O) groups excluding carboxylic acids is 1. The molecule has 0 aliphatic carbocycles. The molecule has 1 amide bonds. The van der Waals surface area contributed by atoms with Gasteiger partial charge in [-0.15, -0.1) is 6.58 Å². The van der Waals surface area contributed by atoms with Crippen molar-refractivity contribution in [1.82, 2.24) is 4.90 Å². The second kappa shape index (κ2) is 5.57. The lowest BCUT2D eigenvalue weighted by atomic mass is 10.1. The number of hydrogen-bond acceptors (Lipinski definition) is 3. The van der Waals surface area contributed by atoms with Crippen LogP contribution in [0.5, 0.6) is 0 Å². The maximum absolute atomic E-state index is 12.4. The molecule has 0 saturated carbocycles. The number of sulfone groups is 1. The van der Waals surface area contributed by atoms with Gasteiger partial charge in [0.05, 0.1) is 11.5 Å². The summed E-state index contributed by atoms with van der Waals surface area (Å²) >= 11 is 0. The highest BCUT2D eigenvalue weighted by molar-refractivity contribution is 7.91. The van der Waals surface area contributed by atoms with Crippen molar-refractivity contribution in [3.63, 3.8) is 0 Å². The second-order valence-corrected chi connectivity index (χ2v) is 6.90. The molecule has 1 atom stereocenters. The summed E-state index contributed by atoms with van der Waals surface area (Å²) in [6.07, 6.45) is 2.14. The van der Waals surface area contributed by atoms with E-state index in [2.05, 4.69) is 6.58 Å². The van der Waals surface area contributed by atoms with Crippen LogP contribution >= 0.6 is 0 Å². The highest BCUT2D eigenvalue weighted by Gasteiger charge is 2.34. The average Bonchev–Trinajstić information content (AvgIpc) is 2.76. The maximum atomic E-state index is 12.4. The lowest BCUT2D eigenvalue weighted by molar-refractivity contribution is 0.0720. The molecular weight excluding hydrogens is 262 g/mol. The third-order valence-corrected chi connectivity index (χ3v) is 5.01. The van der Waals surface area contributed by atoms with Crippen LogP contribution in [0.25, 0.3) is 0 Å². The first-order chi connectivity index (χ1) is 9.03. The highest BCUT2D eigenvalue weighted by atomic mass is 32.2. The normalized spacial score (nSPS) is 20.9. The summed E-state index contributed by atoms with van der Waals surface area (Å²) < 4.78 is 23.1. The third-order valence-electron chi connectivity index (χ3n) is 3.26. The van der Waals surface area contributed by atoms with Gasteiger partial charge in [-0.3, -0.25) is 4.79 Å². The Balaban J connectivity index is 2.21. The van der Waals surface area contributed by atoms with Crippen molar-refractivity contribution in [2.45, 2.75) is 12.5 Å². The van der Waals surface area contributed by atoms with Gasteiger partial charge in [-0.2, -0.15) is 0 Å². The average molecular weight is 279 g/mol. The van der Waals surface area contributed by atoms with Crippen LogP contribution in [0.4, 0.5) is 0 Å². The number of nitrogens with zero attached hydrogens (tertiary/aromatic N) is 1. The first kappa shape index (κ1) is 13.8. The summed E-state index contributed by atoms with van der Waals surface area (Å²) in [6.45, 7) is 4.01. The Hall–Kier alpha value is -1.62. The van der Waals surface area contributed by atoms with E-state index in [4.69, 9.17) is 0 Å². The van der Waals surface area contributed by atoms with Crippen LogP contribution < -0.4 is 0 Å². The molecule has 4 nitrogen and oxygen atoms in total. The molecule has 0 unspecified atom stereocenters. The number of carbonyl (C=O) groups is 1.